The molecule has 2 aliphatic rings. The first kappa shape index (κ1) is 17.7. The van der Waals surface area contributed by atoms with E-state index in [2.05, 4.69) is 4.90 Å². The number of amides is 2. The second-order valence-corrected chi connectivity index (χ2v) is 7.91. The van der Waals surface area contributed by atoms with Crippen LogP contribution >= 0.6 is 0 Å². The van der Waals surface area contributed by atoms with Crippen molar-refractivity contribution in [3.05, 3.63) is 65.7 Å². The van der Waals surface area contributed by atoms with E-state index in [1.165, 1.54) is 17.7 Å². The average Bonchev–Trinajstić information content (AvgIpc) is 3.26. The van der Waals surface area contributed by atoms with Crippen molar-refractivity contribution in [2.45, 2.75) is 12.8 Å². The minimum atomic E-state index is -0.260. The molecule has 3 aromatic rings. The summed E-state index contributed by atoms with van der Waals surface area (Å²) in [5.41, 5.74) is 3.91. The maximum atomic E-state index is 13.3. The summed E-state index contributed by atoms with van der Waals surface area (Å²) in [5, 5.41) is 1.78. The zero-order valence-corrected chi connectivity index (χ0v) is 16.7. The monoisotopic (exact) mass is 385 g/mol. The second kappa shape index (κ2) is 6.62. The van der Waals surface area contributed by atoms with Crippen molar-refractivity contribution < 1.29 is 9.59 Å². The molecule has 0 saturated carbocycles. The SMILES string of the molecule is CN(C)c1ccc(N2C(=O)c3cccc4c(N5CCCC5)ccc(c34)C2=O)cc1. The first-order valence-corrected chi connectivity index (χ1v) is 10.0. The minimum Gasteiger partial charge on any atom is -0.378 e. The number of rotatable bonds is 3. The van der Waals surface area contributed by atoms with Crippen LogP contribution in [0.4, 0.5) is 17.1 Å². The molecule has 5 heteroatoms. The molecular weight excluding hydrogens is 362 g/mol. The summed E-state index contributed by atoms with van der Waals surface area (Å²) in [5.74, 6) is -0.520. The molecule has 2 amide bonds. The van der Waals surface area contributed by atoms with E-state index >= 15 is 0 Å². The summed E-state index contributed by atoms with van der Waals surface area (Å²) in [6.45, 7) is 2.04. The zero-order chi connectivity index (χ0) is 20.1. The van der Waals surface area contributed by atoms with E-state index in [1.807, 2.05) is 73.6 Å². The zero-order valence-electron chi connectivity index (χ0n) is 16.7. The second-order valence-electron chi connectivity index (χ2n) is 7.91. The molecule has 2 aliphatic heterocycles. The Morgan fingerprint density at radius 2 is 1.45 bits per heavy atom. The largest absolute Gasteiger partial charge is 0.378 e. The maximum absolute atomic E-state index is 13.3. The third kappa shape index (κ3) is 2.69. The van der Waals surface area contributed by atoms with E-state index in [0.29, 0.717) is 16.8 Å². The van der Waals surface area contributed by atoms with Crippen LogP contribution in [0.15, 0.2) is 54.6 Å². The van der Waals surface area contributed by atoms with Gasteiger partial charge < -0.3 is 9.80 Å². The van der Waals surface area contributed by atoms with E-state index in [1.54, 1.807) is 0 Å². The molecule has 0 N–H and O–H groups in total. The number of hydrogen-bond acceptors (Lipinski definition) is 4. The van der Waals surface area contributed by atoms with Crippen molar-refractivity contribution in [1.82, 2.24) is 0 Å². The summed E-state index contributed by atoms with van der Waals surface area (Å²) in [6.07, 6.45) is 2.36. The van der Waals surface area contributed by atoms with Crippen molar-refractivity contribution in [3.8, 4) is 0 Å². The van der Waals surface area contributed by atoms with Gasteiger partial charge in [0.05, 0.1) is 5.69 Å². The Morgan fingerprint density at radius 1 is 0.793 bits per heavy atom. The average molecular weight is 385 g/mol. The molecule has 0 aliphatic carbocycles. The van der Waals surface area contributed by atoms with Crippen LogP contribution in [0.2, 0.25) is 0 Å². The molecule has 2 heterocycles. The highest BCUT2D eigenvalue weighted by atomic mass is 16.2. The van der Waals surface area contributed by atoms with E-state index in [4.69, 9.17) is 0 Å². The van der Waals surface area contributed by atoms with Crippen molar-refractivity contribution >= 4 is 39.6 Å². The normalized spacial score (nSPS) is 16.1. The molecule has 0 atom stereocenters. The Balaban J connectivity index is 1.64. The van der Waals surface area contributed by atoms with Crippen LogP contribution in [-0.4, -0.2) is 39.0 Å². The Morgan fingerprint density at radius 3 is 2.10 bits per heavy atom. The molecule has 1 saturated heterocycles. The van der Waals surface area contributed by atoms with Crippen LogP contribution in [0, 0.1) is 0 Å². The van der Waals surface area contributed by atoms with Gasteiger partial charge in [0.1, 0.15) is 0 Å². The molecule has 0 bridgehead atoms. The molecule has 0 aromatic heterocycles. The van der Waals surface area contributed by atoms with Crippen molar-refractivity contribution in [1.29, 1.82) is 0 Å². The minimum absolute atomic E-state index is 0.260. The predicted molar refractivity (Wildman–Crippen MR) is 117 cm³/mol. The van der Waals surface area contributed by atoms with Gasteiger partial charge in [-0.2, -0.15) is 0 Å². The first-order valence-electron chi connectivity index (χ1n) is 10.0. The van der Waals surface area contributed by atoms with Gasteiger partial charge in [-0.1, -0.05) is 12.1 Å². The summed E-state index contributed by atoms with van der Waals surface area (Å²) in [4.78, 5) is 32.3. The maximum Gasteiger partial charge on any atom is 0.265 e. The van der Waals surface area contributed by atoms with Gasteiger partial charge in [-0.25, -0.2) is 4.90 Å². The number of hydrogen-bond donors (Lipinski definition) is 0. The molecule has 0 radical (unpaired) electrons. The Hall–Kier alpha value is -3.34. The lowest BCUT2D eigenvalue weighted by atomic mass is 9.92. The Labute approximate surface area is 170 Å². The van der Waals surface area contributed by atoms with Gasteiger partial charge in [0.15, 0.2) is 0 Å². The van der Waals surface area contributed by atoms with Gasteiger partial charge in [0.25, 0.3) is 11.8 Å². The molecule has 3 aromatic carbocycles. The fourth-order valence-corrected chi connectivity index (χ4v) is 4.45. The number of anilines is 3. The van der Waals surface area contributed by atoms with Crippen molar-refractivity contribution in [3.63, 3.8) is 0 Å². The number of imide groups is 1. The quantitative estimate of drug-likeness (QED) is 0.631. The molecule has 1 fully saturated rings. The highest BCUT2D eigenvalue weighted by molar-refractivity contribution is 6.36. The number of nitrogens with zero attached hydrogens (tertiary/aromatic N) is 3. The summed E-state index contributed by atoms with van der Waals surface area (Å²) < 4.78 is 0. The standard InChI is InChI=1S/C24H23N3O2/c1-25(2)16-8-10-17(11-9-16)27-23(28)19-7-5-6-18-21(26-14-3-4-15-26)13-12-20(22(18)19)24(27)29/h5-13H,3-4,14-15H2,1-2H3. The summed E-state index contributed by atoms with van der Waals surface area (Å²) >= 11 is 0. The van der Waals surface area contributed by atoms with E-state index in [-0.39, 0.29) is 11.8 Å². The van der Waals surface area contributed by atoms with Crippen LogP contribution in [0.3, 0.4) is 0 Å². The fourth-order valence-electron chi connectivity index (χ4n) is 4.45. The fraction of sp³-hybridized carbons (Fsp3) is 0.250. The Kier molecular flexibility index (Phi) is 4.05. The number of benzene rings is 3. The van der Waals surface area contributed by atoms with Crippen molar-refractivity contribution in [2.24, 2.45) is 0 Å². The van der Waals surface area contributed by atoms with Crippen LogP contribution in [-0.2, 0) is 0 Å². The molecule has 5 nitrogen and oxygen atoms in total. The molecule has 5 rings (SSSR count). The molecule has 29 heavy (non-hydrogen) atoms. The summed E-state index contributed by atoms with van der Waals surface area (Å²) in [7, 11) is 3.92. The molecular formula is C24H23N3O2. The van der Waals surface area contributed by atoms with Gasteiger partial charge in [-0.3, -0.25) is 9.59 Å². The van der Waals surface area contributed by atoms with Crippen LogP contribution < -0.4 is 14.7 Å². The highest BCUT2D eigenvalue weighted by Crippen LogP contribution is 2.38. The van der Waals surface area contributed by atoms with Crippen LogP contribution in [0.1, 0.15) is 33.6 Å². The highest BCUT2D eigenvalue weighted by Gasteiger charge is 2.35. The molecule has 146 valence electrons. The van der Waals surface area contributed by atoms with E-state index < -0.39 is 0 Å². The summed E-state index contributed by atoms with van der Waals surface area (Å²) in [6, 6.07) is 17.2. The smallest absolute Gasteiger partial charge is 0.265 e. The lowest BCUT2D eigenvalue weighted by Crippen LogP contribution is -2.40. The van der Waals surface area contributed by atoms with E-state index in [0.717, 1.165) is 35.2 Å². The third-order valence-electron chi connectivity index (χ3n) is 5.96. The van der Waals surface area contributed by atoms with Gasteiger partial charge in [-0.05, 0) is 55.3 Å². The molecule has 0 unspecified atom stereocenters. The third-order valence-corrected chi connectivity index (χ3v) is 5.96. The predicted octanol–water partition coefficient (Wildman–Crippen LogP) is 4.31. The topological polar surface area (TPSA) is 43.9 Å². The lowest BCUT2D eigenvalue weighted by Gasteiger charge is -2.29. The van der Waals surface area contributed by atoms with E-state index in [9.17, 15) is 9.59 Å². The van der Waals surface area contributed by atoms with Crippen LogP contribution in [0.25, 0.3) is 10.8 Å². The van der Waals surface area contributed by atoms with Crippen molar-refractivity contribution in [2.75, 3.05) is 41.9 Å². The van der Waals surface area contributed by atoms with Crippen LogP contribution in [0.5, 0.6) is 0 Å². The first-order chi connectivity index (χ1) is 14.1. The van der Waals surface area contributed by atoms with Gasteiger partial charge in [0.2, 0.25) is 0 Å². The number of carbonyl (C=O) groups excluding carboxylic acids is 2. The van der Waals surface area contributed by atoms with Gasteiger partial charge in [-0.15, -0.1) is 0 Å². The lowest BCUT2D eigenvalue weighted by molar-refractivity contribution is 0.0893. The Bertz CT molecular complexity index is 1110. The van der Waals surface area contributed by atoms with Gasteiger partial charge in [0, 0.05) is 60.5 Å². The van der Waals surface area contributed by atoms with Gasteiger partial charge >= 0.3 is 0 Å². The number of carbonyl (C=O) groups is 2. The molecule has 0 spiro atoms.